The first-order valence-electron chi connectivity index (χ1n) is 5.94. The van der Waals surface area contributed by atoms with Gasteiger partial charge in [-0.05, 0) is 28.8 Å². The molecule has 1 aromatic heterocycles. The first-order chi connectivity index (χ1) is 9.08. The van der Waals surface area contributed by atoms with Crippen LogP contribution in [0.1, 0.15) is 11.1 Å². The molecule has 2 atom stereocenters. The Morgan fingerprint density at radius 2 is 2.26 bits per heavy atom. The zero-order valence-electron chi connectivity index (χ0n) is 10.5. The highest BCUT2D eigenvalue weighted by Crippen LogP contribution is 2.14. The molecule has 2 rings (SSSR count). The van der Waals surface area contributed by atoms with Crippen LogP contribution in [0.25, 0.3) is 0 Å². The van der Waals surface area contributed by atoms with Crippen LogP contribution in [0.2, 0.25) is 0 Å². The van der Waals surface area contributed by atoms with Crippen molar-refractivity contribution in [2.75, 3.05) is 13.2 Å². The molecule has 0 radical (unpaired) electrons. The minimum atomic E-state index is -0.948. The molecule has 7 heteroatoms. The highest BCUT2D eigenvalue weighted by atomic mass is 32.1. The van der Waals surface area contributed by atoms with Gasteiger partial charge in [0.1, 0.15) is 5.92 Å². The number of carboxylic acid groups (broad SMARTS) is 1. The van der Waals surface area contributed by atoms with Crippen LogP contribution >= 0.6 is 11.3 Å². The lowest BCUT2D eigenvalue weighted by Gasteiger charge is -2.16. The third kappa shape index (κ3) is 3.45. The average molecular weight is 284 g/mol. The van der Waals surface area contributed by atoms with Crippen molar-refractivity contribution in [2.24, 2.45) is 5.92 Å². The lowest BCUT2D eigenvalue weighted by molar-refractivity contribution is -0.142. The molecule has 1 aromatic rings. The van der Waals surface area contributed by atoms with Gasteiger partial charge in [-0.15, -0.1) is 0 Å². The molecule has 0 saturated carbocycles. The number of hydrogen-bond donors (Lipinski definition) is 3. The van der Waals surface area contributed by atoms with Crippen LogP contribution in [0.4, 0.5) is 4.79 Å². The second kappa shape index (κ2) is 6.03. The van der Waals surface area contributed by atoms with Crippen LogP contribution in [-0.2, 0) is 16.1 Å². The molecule has 1 aliphatic rings. The molecule has 1 aliphatic heterocycles. The van der Waals surface area contributed by atoms with E-state index in [0.717, 1.165) is 11.1 Å². The fourth-order valence-electron chi connectivity index (χ4n) is 1.90. The fourth-order valence-corrected chi connectivity index (χ4v) is 2.76. The molecule has 6 nitrogen and oxygen atoms in total. The fraction of sp³-hybridized carbons (Fsp3) is 0.500. The van der Waals surface area contributed by atoms with Crippen LogP contribution in [-0.4, -0.2) is 36.4 Å². The topological polar surface area (TPSA) is 87.7 Å². The maximum atomic E-state index is 11.7. The Kier molecular flexibility index (Phi) is 4.39. The van der Waals surface area contributed by atoms with E-state index in [1.807, 2.05) is 17.7 Å². The van der Waals surface area contributed by atoms with Gasteiger partial charge in [-0.3, -0.25) is 4.79 Å². The molecule has 1 saturated heterocycles. The summed E-state index contributed by atoms with van der Waals surface area (Å²) in [5.41, 5.74) is 2.20. The normalized spacial score (nSPS) is 22.2. The summed E-state index contributed by atoms with van der Waals surface area (Å²) >= 11 is 1.59. The van der Waals surface area contributed by atoms with Gasteiger partial charge in [0.15, 0.2) is 0 Å². The summed E-state index contributed by atoms with van der Waals surface area (Å²) in [4.78, 5) is 22.6. The van der Waals surface area contributed by atoms with Crippen molar-refractivity contribution in [1.29, 1.82) is 0 Å². The minimum absolute atomic E-state index is 0.143. The number of rotatable bonds is 4. The molecule has 0 spiro atoms. The molecule has 0 bridgehead atoms. The number of urea groups is 1. The van der Waals surface area contributed by atoms with Crippen molar-refractivity contribution >= 4 is 23.3 Å². The Morgan fingerprint density at radius 3 is 2.89 bits per heavy atom. The third-order valence-corrected chi connectivity index (χ3v) is 4.03. The van der Waals surface area contributed by atoms with E-state index < -0.39 is 17.9 Å². The standard InChI is InChI=1S/C12H16N2O4S/c1-7-5-19-6-8(7)2-13-12(17)14-10-4-18-3-9(10)11(15)16/h5-6,9-10H,2-4H2,1H3,(H,15,16)(H2,13,14,17). The lowest BCUT2D eigenvalue weighted by atomic mass is 10.0. The Balaban J connectivity index is 1.81. The summed E-state index contributed by atoms with van der Waals surface area (Å²) in [5.74, 6) is -1.62. The molecule has 0 aromatic carbocycles. The monoisotopic (exact) mass is 284 g/mol. The SMILES string of the molecule is Cc1cscc1CNC(=O)NC1COCC1C(=O)O. The van der Waals surface area contributed by atoms with Gasteiger partial charge in [0.25, 0.3) is 0 Å². The summed E-state index contributed by atoms with van der Waals surface area (Å²) in [7, 11) is 0. The van der Waals surface area contributed by atoms with Gasteiger partial charge in [0, 0.05) is 6.54 Å². The quantitative estimate of drug-likeness (QED) is 0.768. The van der Waals surface area contributed by atoms with E-state index in [4.69, 9.17) is 9.84 Å². The molecular formula is C12H16N2O4S. The average Bonchev–Trinajstić information content (AvgIpc) is 2.95. The van der Waals surface area contributed by atoms with E-state index in [1.165, 1.54) is 0 Å². The summed E-state index contributed by atoms with van der Waals surface area (Å²) < 4.78 is 5.08. The van der Waals surface area contributed by atoms with Gasteiger partial charge < -0.3 is 20.5 Å². The van der Waals surface area contributed by atoms with E-state index in [-0.39, 0.29) is 19.2 Å². The van der Waals surface area contributed by atoms with Gasteiger partial charge in [0.05, 0.1) is 19.3 Å². The summed E-state index contributed by atoms with van der Waals surface area (Å²) in [6.07, 6.45) is 0. The van der Waals surface area contributed by atoms with E-state index in [2.05, 4.69) is 10.6 Å². The first kappa shape index (κ1) is 13.8. The second-order valence-corrected chi connectivity index (χ2v) is 5.24. The number of carbonyl (C=O) groups excluding carboxylic acids is 1. The van der Waals surface area contributed by atoms with Gasteiger partial charge in [-0.1, -0.05) is 0 Å². The summed E-state index contributed by atoms with van der Waals surface area (Å²) in [5, 5.41) is 18.3. The number of thiophene rings is 1. The molecule has 104 valence electrons. The number of carboxylic acids is 1. The minimum Gasteiger partial charge on any atom is -0.481 e. The third-order valence-electron chi connectivity index (χ3n) is 3.12. The van der Waals surface area contributed by atoms with Crippen LogP contribution < -0.4 is 10.6 Å². The number of carbonyl (C=O) groups is 2. The van der Waals surface area contributed by atoms with E-state index in [0.29, 0.717) is 6.54 Å². The van der Waals surface area contributed by atoms with Crippen molar-refractivity contribution in [3.63, 3.8) is 0 Å². The maximum Gasteiger partial charge on any atom is 0.315 e. The van der Waals surface area contributed by atoms with Crippen LogP contribution in [0.3, 0.4) is 0 Å². The number of aliphatic carboxylic acids is 1. The predicted octanol–water partition coefficient (Wildman–Crippen LogP) is 0.955. The summed E-state index contributed by atoms with van der Waals surface area (Å²) in [6.45, 7) is 2.80. The predicted molar refractivity (Wildman–Crippen MR) is 70.2 cm³/mol. The smallest absolute Gasteiger partial charge is 0.315 e. The first-order valence-corrected chi connectivity index (χ1v) is 6.89. The molecule has 1 fully saturated rings. The van der Waals surface area contributed by atoms with E-state index in [1.54, 1.807) is 11.3 Å². The summed E-state index contributed by atoms with van der Waals surface area (Å²) in [6, 6.07) is -0.839. The molecular weight excluding hydrogens is 268 g/mol. The highest BCUT2D eigenvalue weighted by molar-refractivity contribution is 7.08. The zero-order valence-corrected chi connectivity index (χ0v) is 11.3. The number of hydrogen-bond acceptors (Lipinski definition) is 4. The molecule has 2 unspecified atom stereocenters. The van der Waals surface area contributed by atoms with Gasteiger partial charge in [0.2, 0.25) is 0 Å². The van der Waals surface area contributed by atoms with Crippen LogP contribution in [0.15, 0.2) is 10.8 Å². The Bertz CT molecular complexity index is 474. The Labute approximate surface area is 114 Å². The Morgan fingerprint density at radius 1 is 1.47 bits per heavy atom. The van der Waals surface area contributed by atoms with Crippen LogP contribution in [0, 0.1) is 12.8 Å². The number of aryl methyl sites for hydroxylation is 1. The maximum absolute atomic E-state index is 11.7. The number of amides is 2. The molecule has 2 amide bonds. The van der Waals surface area contributed by atoms with Gasteiger partial charge in [-0.25, -0.2) is 4.79 Å². The Hall–Kier alpha value is -1.60. The van der Waals surface area contributed by atoms with Crippen molar-refractivity contribution < 1.29 is 19.4 Å². The largest absolute Gasteiger partial charge is 0.481 e. The van der Waals surface area contributed by atoms with Crippen molar-refractivity contribution in [2.45, 2.75) is 19.5 Å². The highest BCUT2D eigenvalue weighted by Gasteiger charge is 2.34. The second-order valence-electron chi connectivity index (χ2n) is 4.50. The molecule has 19 heavy (non-hydrogen) atoms. The van der Waals surface area contributed by atoms with E-state index >= 15 is 0 Å². The number of ether oxygens (including phenoxy) is 1. The lowest BCUT2D eigenvalue weighted by Crippen LogP contribution is -2.47. The van der Waals surface area contributed by atoms with E-state index in [9.17, 15) is 9.59 Å². The van der Waals surface area contributed by atoms with Crippen molar-refractivity contribution in [1.82, 2.24) is 10.6 Å². The zero-order chi connectivity index (χ0) is 13.8. The number of nitrogens with one attached hydrogen (secondary N) is 2. The van der Waals surface area contributed by atoms with Crippen molar-refractivity contribution in [3.8, 4) is 0 Å². The van der Waals surface area contributed by atoms with Gasteiger partial charge in [-0.2, -0.15) is 11.3 Å². The van der Waals surface area contributed by atoms with Crippen LogP contribution in [0.5, 0.6) is 0 Å². The molecule has 3 N–H and O–H groups in total. The molecule has 2 heterocycles. The van der Waals surface area contributed by atoms with Gasteiger partial charge >= 0.3 is 12.0 Å². The molecule has 0 aliphatic carbocycles. The van der Waals surface area contributed by atoms with Crippen molar-refractivity contribution in [3.05, 3.63) is 21.9 Å².